The number of carbonyl (C=O) groups is 1. The summed E-state index contributed by atoms with van der Waals surface area (Å²) in [5.74, 6) is 0.469. The fourth-order valence-corrected chi connectivity index (χ4v) is 2.13. The van der Waals surface area contributed by atoms with E-state index in [9.17, 15) is 4.79 Å². The van der Waals surface area contributed by atoms with Crippen LogP contribution in [-0.2, 0) is 16.1 Å². The van der Waals surface area contributed by atoms with Crippen molar-refractivity contribution in [2.75, 3.05) is 13.2 Å². The van der Waals surface area contributed by atoms with E-state index in [0.717, 1.165) is 25.8 Å². The highest BCUT2D eigenvalue weighted by Gasteiger charge is 2.30. The summed E-state index contributed by atoms with van der Waals surface area (Å²) in [6.07, 6.45) is 4.30. The Labute approximate surface area is 99.9 Å². The summed E-state index contributed by atoms with van der Waals surface area (Å²) in [4.78, 5) is 17.8. The second-order valence-electron chi connectivity index (χ2n) is 4.08. The molecule has 2 heterocycles. The van der Waals surface area contributed by atoms with Gasteiger partial charge in [-0.05, 0) is 26.3 Å². The van der Waals surface area contributed by atoms with Crippen LogP contribution in [0.3, 0.4) is 0 Å². The van der Waals surface area contributed by atoms with Gasteiger partial charge in [0.1, 0.15) is 6.04 Å². The number of ether oxygens (including phenoxy) is 1. The Bertz CT molecular complexity index is 353. The summed E-state index contributed by atoms with van der Waals surface area (Å²) >= 11 is 0. The summed E-state index contributed by atoms with van der Waals surface area (Å²) in [6.45, 7) is 3.66. The summed E-state index contributed by atoms with van der Waals surface area (Å²) in [6, 6.07) is -0.165. The van der Waals surface area contributed by atoms with Crippen LogP contribution in [0.2, 0.25) is 0 Å². The van der Waals surface area contributed by atoms with Crippen molar-refractivity contribution in [3.63, 3.8) is 0 Å². The van der Waals surface area contributed by atoms with Gasteiger partial charge in [-0.15, -0.1) is 0 Å². The predicted octanol–water partition coefficient (Wildman–Crippen LogP) is 0.987. The Morgan fingerprint density at radius 1 is 1.65 bits per heavy atom. The minimum Gasteiger partial charge on any atom is -0.465 e. The number of rotatable bonds is 4. The fraction of sp³-hybridized carbons (Fsp3) is 0.727. The van der Waals surface area contributed by atoms with Crippen LogP contribution in [-0.4, -0.2) is 40.2 Å². The molecule has 6 heteroatoms. The molecule has 1 aromatic heterocycles. The first kappa shape index (κ1) is 12.0. The van der Waals surface area contributed by atoms with Crippen molar-refractivity contribution in [3.05, 3.63) is 12.2 Å². The van der Waals surface area contributed by atoms with Crippen molar-refractivity contribution in [1.29, 1.82) is 0 Å². The molecule has 1 aliphatic rings. The van der Waals surface area contributed by atoms with Gasteiger partial charge in [0.2, 0.25) is 6.39 Å². The van der Waals surface area contributed by atoms with Gasteiger partial charge in [0.25, 0.3) is 0 Å². The maximum Gasteiger partial charge on any atom is 0.323 e. The SMILES string of the molecule is CCOC(=O)C1CCCCN1Cc1ncon1. The molecule has 0 N–H and O–H groups in total. The van der Waals surface area contributed by atoms with E-state index in [1.807, 2.05) is 6.92 Å². The zero-order valence-corrected chi connectivity index (χ0v) is 9.96. The van der Waals surface area contributed by atoms with E-state index in [4.69, 9.17) is 9.26 Å². The molecule has 1 fully saturated rings. The van der Waals surface area contributed by atoms with E-state index < -0.39 is 0 Å². The molecule has 17 heavy (non-hydrogen) atoms. The highest BCUT2D eigenvalue weighted by Crippen LogP contribution is 2.19. The third-order valence-corrected chi connectivity index (χ3v) is 2.92. The first-order valence-electron chi connectivity index (χ1n) is 5.97. The lowest BCUT2D eigenvalue weighted by Gasteiger charge is -2.32. The lowest BCUT2D eigenvalue weighted by molar-refractivity contribution is -0.151. The largest absolute Gasteiger partial charge is 0.465 e. The first-order valence-corrected chi connectivity index (χ1v) is 5.97. The molecule has 0 saturated carbocycles. The molecule has 1 saturated heterocycles. The number of hydrogen-bond donors (Lipinski definition) is 0. The molecule has 1 aromatic rings. The minimum atomic E-state index is -0.165. The Hall–Kier alpha value is -1.43. The van der Waals surface area contributed by atoms with Crippen LogP contribution >= 0.6 is 0 Å². The maximum absolute atomic E-state index is 11.8. The fourth-order valence-electron chi connectivity index (χ4n) is 2.13. The molecule has 94 valence electrons. The second kappa shape index (κ2) is 5.77. The van der Waals surface area contributed by atoms with E-state index in [-0.39, 0.29) is 12.0 Å². The number of likely N-dealkylation sites (tertiary alicyclic amines) is 1. The molecule has 0 amide bonds. The van der Waals surface area contributed by atoms with E-state index in [1.54, 1.807) is 0 Å². The first-order chi connectivity index (χ1) is 8.31. The molecule has 1 aliphatic heterocycles. The molecule has 1 atom stereocenters. The second-order valence-corrected chi connectivity index (χ2v) is 4.08. The summed E-state index contributed by atoms with van der Waals surface area (Å²) in [5, 5.41) is 3.77. The molecule has 2 rings (SSSR count). The van der Waals surface area contributed by atoms with Crippen molar-refractivity contribution >= 4 is 5.97 Å². The highest BCUT2D eigenvalue weighted by molar-refractivity contribution is 5.75. The molecule has 1 unspecified atom stereocenters. The Morgan fingerprint density at radius 3 is 3.24 bits per heavy atom. The number of hydrogen-bond acceptors (Lipinski definition) is 6. The van der Waals surface area contributed by atoms with E-state index in [1.165, 1.54) is 6.39 Å². The molecular formula is C11H17N3O3. The van der Waals surface area contributed by atoms with Crippen molar-refractivity contribution in [1.82, 2.24) is 15.0 Å². The van der Waals surface area contributed by atoms with Gasteiger partial charge in [-0.3, -0.25) is 9.69 Å². The van der Waals surface area contributed by atoms with Gasteiger partial charge in [0.15, 0.2) is 5.82 Å². The molecular weight excluding hydrogens is 222 g/mol. The van der Waals surface area contributed by atoms with E-state index >= 15 is 0 Å². The zero-order chi connectivity index (χ0) is 12.1. The number of piperidine rings is 1. The van der Waals surface area contributed by atoms with Gasteiger partial charge in [-0.2, -0.15) is 4.98 Å². The highest BCUT2D eigenvalue weighted by atomic mass is 16.5. The number of esters is 1. The quantitative estimate of drug-likeness (QED) is 0.730. The van der Waals surface area contributed by atoms with Crippen molar-refractivity contribution in [3.8, 4) is 0 Å². The third-order valence-electron chi connectivity index (χ3n) is 2.92. The minimum absolute atomic E-state index is 0.143. The normalized spacial score (nSPS) is 21.4. The average Bonchev–Trinajstić information content (AvgIpc) is 2.83. The molecule has 0 aromatic carbocycles. The van der Waals surface area contributed by atoms with Crippen LogP contribution < -0.4 is 0 Å². The van der Waals surface area contributed by atoms with Crippen molar-refractivity contribution < 1.29 is 14.1 Å². The molecule has 0 bridgehead atoms. The van der Waals surface area contributed by atoms with Crippen LogP contribution in [0.5, 0.6) is 0 Å². The zero-order valence-electron chi connectivity index (χ0n) is 9.96. The summed E-state index contributed by atoms with van der Waals surface area (Å²) in [5.41, 5.74) is 0. The lowest BCUT2D eigenvalue weighted by Crippen LogP contribution is -2.45. The van der Waals surface area contributed by atoms with Gasteiger partial charge in [0.05, 0.1) is 13.2 Å². The Kier molecular flexibility index (Phi) is 4.08. The van der Waals surface area contributed by atoms with Crippen LogP contribution in [0.1, 0.15) is 32.0 Å². The molecule has 0 spiro atoms. The maximum atomic E-state index is 11.8. The molecule has 6 nitrogen and oxygen atoms in total. The standard InChI is InChI=1S/C11H17N3O3/c1-2-16-11(15)9-5-3-4-6-14(9)7-10-12-8-17-13-10/h8-9H,2-7H2,1H3. The van der Waals surface area contributed by atoms with E-state index in [0.29, 0.717) is 19.0 Å². The van der Waals surface area contributed by atoms with E-state index in [2.05, 4.69) is 15.0 Å². The summed E-state index contributed by atoms with van der Waals surface area (Å²) < 4.78 is 9.78. The average molecular weight is 239 g/mol. The third kappa shape index (κ3) is 3.03. The van der Waals surface area contributed by atoms with Crippen LogP contribution in [0, 0.1) is 0 Å². The van der Waals surface area contributed by atoms with Gasteiger partial charge < -0.3 is 9.26 Å². The van der Waals surface area contributed by atoms with Crippen LogP contribution in [0.25, 0.3) is 0 Å². The molecule has 0 aliphatic carbocycles. The van der Waals surface area contributed by atoms with Gasteiger partial charge >= 0.3 is 5.97 Å². The predicted molar refractivity (Wildman–Crippen MR) is 59.0 cm³/mol. The topological polar surface area (TPSA) is 68.5 Å². The van der Waals surface area contributed by atoms with Gasteiger partial charge in [-0.25, -0.2) is 0 Å². The van der Waals surface area contributed by atoms with Crippen molar-refractivity contribution in [2.45, 2.75) is 38.8 Å². The monoisotopic (exact) mass is 239 g/mol. The lowest BCUT2D eigenvalue weighted by atomic mass is 10.0. The number of carbonyl (C=O) groups excluding carboxylic acids is 1. The number of nitrogens with zero attached hydrogens (tertiary/aromatic N) is 3. The smallest absolute Gasteiger partial charge is 0.323 e. The Morgan fingerprint density at radius 2 is 2.53 bits per heavy atom. The van der Waals surface area contributed by atoms with Gasteiger partial charge in [-0.1, -0.05) is 11.6 Å². The van der Waals surface area contributed by atoms with Crippen LogP contribution in [0.4, 0.5) is 0 Å². The van der Waals surface area contributed by atoms with Crippen molar-refractivity contribution in [2.24, 2.45) is 0 Å². The number of aromatic nitrogens is 2. The van der Waals surface area contributed by atoms with Gasteiger partial charge in [0, 0.05) is 0 Å². The summed E-state index contributed by atoms with van der Waals surface area (Å²) in [7, 11) is 0. The Balaban J connectivity index is 1.99. The molecule has 0 radical (unpaired) electrons. The van der Waals surface area contributed by atoms with Crippen LogP contribution in [0.15, 0.2) is 10.9 Å².